The Morgan fingerprint density at radius 1 is 0.688 bits per heavy atom. The minimum absolute atomic E-state index is 0.0331. The van der Waals surface area contributed by atoms with E-state index in [4.69, 9.17) is 0 Å². The molecule has 5 aromatic rings. The van der Waals surface area contributed by atoms with E-state index in [9.17, 15) is 4.79 Å². The van der Waals surface area contributed by atoms with Crippen LogP contribution >= 0.6 is 0 Å². The first-order chi connectivity index (χ1) is 15.7. The highest BCUT2D eigenvalue weighted by atomic mass is 16.1. The molecule has 2 N–H and O–H groups in total. The van der Waals surface area contributed by atoms with Crippen LogP contribution < -0.4 is 0 Å². The molecule has 7 nitrogen and oxygen atoms in total. The fourth-order valence-electron chi connectivity index (χ4n) is 3.48. The van der Waals surface area contributed by atoms with Crippen molar-refractivity contribution in [2.45, 2.75) is 13.3 Å². The van der Waals surface area contributed by atoms with E-state index < -0.39 is 0 Å². The summed E-state index contributed by atoms with van der Waals surface area (Å²) in [6, 6.07) is 25.1. The van der Waals surface area contributed by atoms with Gasteiger partial charge in [0.2, 0.25) is 0 Å². The highest BCUT2D eigenvalue weighted by molar-refractivity contribution is 5.98. The third kappa shape index (κ3) is 3.83. The van der Waals surface area contributed by atoms with Gasteiger partial charge in [-0.25, -0.2) is 9.97 Å². The second-order valence-electron chi connectivity index (χ2n) is 7.32. The summed E-state index contributed by atoms with van der Waals surface area (Å²) in [5, 5.41) is 14.7. The number of rotatable bonds is 6. The second-order valence-corrected chi connectivity index (χ2v) is 7.32. The van der Waals surface area contributed by atoms with Gasteiger partial charge in [0.1, 0.15) is 0 Å². The fourth-order valence-corrected chi connectivity index (χ4v) is 3.48. The predicted octanol–water partition coefficient (Wildman–Crippen LogP) is 5.18. The first kappa shape index (κ1) is 19.6. The molecule has 3 aromatic carbocycles. The maximum Gasteiger partial charge on any atom is 0.181 e. The Hall–Kier alpha value is -4.39. The van der Waals surface area contributed by atoms with Crippen molar-refractivity contribution in [1.29, 1.82) is 0 Å². The highest BCUT2D eigenvalue weighted by Crippen LogP contribution is 2.28. The van der Waals surface area contributed by atoms with Crippen LogP contribution in [0.1, 0.15) is 23.7 Å². The lowest BCUT2D eigenvalue weighted by Gasteiger charge is -2.05. The Labute approximate surface area is 184 Å². The molecule has 0 bridgehead atoms. The van der Waals surface area contributed by atoms with Gasteiger partial charge in [-0.3, -0.25) is 15.0 Å². The van der Waals surface area contributed by atoms with Crippen molar-refractivity contribution in [3.63, 3.8) is 0 Å². The number of carbonyl (C=O) groups is 1. The van der Waals surface area contributed by atoms with Gasteiger partial charge in [-0.2, -0.15) is 10.2 Å². The van der Waals surface area contributed by atoms with Gasteiger partial charge in [0.25, 0.3) is 0 Å². The number of ketones is 1. The van der Waals surface area contributed by atoms with Crippen LogP contribution in [-0.2, 0) is 0 Å². The molecule has 2 aromatic heterocycles. The van der Waals surface area contributed by atoms with Gasteiger partial charge < -0.3 is 0 Å². The van der Waals surface area contributed by atoms with Gasteiger partial charge in [-0.1, -0.05) is 67.6 Å². The van der Waals surface area contributed by atoms with E-state index in [0.29, 0.717) is 35.3 Å². The smallest absolute Gasteiger partial charge is 0.181 e. The van der Waals surface area contributed by atoms with Gasteiger partial charge in [0, 0.05) is 34.2 Å². The average molecular weight is 420 g/mol. The number of aromatic nitrogens is 6. The van der Waals surface area contributed by atoms with Crippen molar-refractivity contribution >= 4 is 5.78 Å². The molecule has 0 fully saturated rings. The number of hydrogen-bond acceptors (Lipinski definition) is 5. The number of nitrogens with zero attached hydrogens (tertiary/aromatic N) is 4. The standard InChI is InChI=1S/C25H20N6O/c1-2-21(32)18-13-19(24-26-22(28-30-24)16-9-5-3-6-10-16)15-20(14-18)25-27-23(29-31-25)17-11-7-4-8-12-17/h3-15H,2H2,1H3,(H,26,28,30)(H,27,29,31). The average Bonchev–Trinajstić information content (AvgIpc) is 3.55. The van der Waals surface area contributed by atoms with E-state index in [1.54, 1.807) is 0 Å². The summed E-state index contributed by atoms with van der Waals surface area (Å²) < 4.78 is 0. The lowest BCUT2D eigenvalue weighted by atomic mass is 10.0. The molecule has 0 saturated carbocycles. The van der Waals surface area contributed by atoms with Crippen LogP contribution in [0, 0.1) is 0 Å². The molecule has 0 saturated heterocycles. The van der Waals surface area contributed by atoms with Gasteiger partial charge >= 0.3 is 0 Å². The molecule has 0 aliphatic heterocycles. The zero-order valence-corrected chi connectivity index (χ0v) is 17.4. The summed E-state index contributed by atoms with van der Waals surface area (Å²) in [5.41, 5.74) is 3.91. The molecule has 0 spiro atoms. The number of nitrogens with one attached hydrogen (secondary N) is 2. The van der Waals surface area contributed by atoms with Crippen molar-refractivity contribution in [1.82, 2.24) is 30.4 Å². The normalized spacial score (nSPS) is 10.9. The number of Topliss-reactive ketones (excluding diaryl/α,β-unsaturated/α-hetero) is 1. The first-order valence-electron chi connectivity index (χ1n) is 10.4. The van der Waals surface area contributed by atoms with Crippen LogP contribution in [-0.4, -0.2) is 36.1 Å². The van der Waals surface area contributed by atoms with Gasteiger partial charge in [0.05, 0.1) is 0 Å². The molecule has 32 heavy (non-hydrogen) atoms. The highest BCUT2D eigenvalue weighted by Gasteiger charge is 2.16. The zero-order chi connectivity index (χ0) is 21.9. The van der Waals surface area contributed by atoms with Gasteiger partial charge in [-0.15, -0.1) is 0 Å². The minimum Gasteiger partial charge on any atom is -0.294 e. The van der Waals surface area contributed by atoms with Crippen molar-refractivity contribution in [2.75, 3.05) is 0 Å². The summed E-state index contributed by atoms with van der Waals surface area (Å²) in [6.45, 7) is 1.84. The lowest BCUT2D eigenvalue weighted by Crippen LogP contribution is -1.99. The monoisotopic (exact) mass is 420 g/mol. The maximum absolute atomic E-state index is 12.5. The van der Waals surface area contributed by atoms with Crippen molar-refractivity contribution in [3.8, 4) is 45.6 Å². The van der Waals surface area contributed by atoms with Gasteiger partial charge in [0.15, 0.2) is 29.1 Å². The summed E-state index contributed by atoms with van der Waals surface area (Å²) in [7, 11) is 0. The molecule has 0 amide bonds. The van der Waals surface area contributed by atoms with E-state index in [-0.39, 0.29) is 5.78 Å². The third-order valence-electron chi connectivity index (χ3n) is 5.16. The Morgan fingerprint density at radius 3 is 1.59 bits per heavy atom. The van der Waals surface area contributed by atoms with Crippen LogP contribution in [0.25, 0.3) is 45.6 Å². The van der Waals surface area contributed by atoms with E-state index in [2.05, 4.69) is 30.4 Å². The van der Waals surface area contributed by atoms with E-state index in [0.717, 1.165) is 22.3 Å². The molecule has 0 aliphatic rings. The lowest BCUT2D eigenvalue weighted by molar-refractivity contribution is 0.0988. The maximum atomic E-state index is 12.5. The summed E-state index contributed by atoms with van der Waals surface area (Å²) >= 11 is 0. The van der Waals surface area contributed by atoms with Crippen LogP contribution in [0.2, 0.25) is 0 Å². The minimum atomic E-state index is 0.0331. The molecule has 0 unspecified atom stereocenters. The molecule has 0 atom stereocenters. The number of hydrogen-bond donors (Lipinski definition) is 2. The number of H-pyrrole nitrogens is 2. The van der Waals surface area contributed by atoms with Crippen molar-refractivity contribution < 1.29 is 4.79 Å². The quantitative estimate of drug-likeness (QED) is 0.369. The predicted molar refractivity (Wildman–Crippen MR) is 123 cm³/mol. The Balaban J connectivity index is 1.57. The zero-order valence-electron chi connectivity index (χ0n) is 17.4. The topological polar surface area (TPSA) is 100 Å². The van der Waals surface area contributed by atoms with Crippen molar-refractivity contribution in [2.24, 2.45) is 0 Å². The molecule has 2 heterocycles. The number of aromatic amines is 2. The number of carbonyl (C=O) groups excluding carboxylic acids is 1. The molecule has 5 rings (SSSR count). The third-order valence-corrected chi connectivity index (χ3v) is 5.16. The molecule has 0 aliphatic carbocycles. The Kier molecular flexibility index (Phi) is 5.13. The fraction of sp³-hybridized carbons (Fsp3) is 0.0800. The first-order valence-corrected chi connectivity index (χ1v) is 10.4. The summed E-state index contributed by atoms with van der Waals surface area (Å²) in [4.78, 5) is 21.8. The van der Waals surface area contributed by atoms with Crippen LogP contribution in [0.15, 0.2) is 78.9 Å². The van der Waals surface area contributed by atoms with Crippen LogP contribution in [0.3, 0.4) is 0 Å². The SMILES string of the molecule is CCC(=O)c1cc(-c2n[nH]c(-c3ccccc3)n2)cc(-c2n[nH]c(-c3ccccc3)n2)c1. The second kappa shape index (κ2) is 8.39. The number of benzene rings is 3. The summed E-state index contributed by atoms with van der Waals surface area (Å²) in [6.07, 6.45) is 0.398. The molecule has 0 radical (unpaired) electrons. The molecular formula is C25H20N6O. The van der Waals surface area contributed by atoms with Crippen LogP contribution in [0.4, 0.5) is 0 Å². The molecule has 156 valence electrons. The Bertz CT molecular complexity index is 1280. The largest absolute Gasteiger partial charge is 0.294 e. The van der Waals surface area contributed by atoms with E-state index in [1.807, 2.05) is 85.8 Å². The Morgan fingerprint density at radius 2 is 1.16 bits per heavy atom. The van der Waals surface area contributed by atoms with E-state index >= 15 is 0 Å². The van der Waals surface area contributed by atoms with Crippen LogP contribution in [0.5, 0.6) is 0 Å². The summed E-state index contributed by atoms with van der Waals surface area (Å²) in [5.74, 6) is 2.38. The van der Waals surface area contributed by atoms with Gasteiger partial charge in [-0.05, 0) is 18.2 Å². The van der Waals surface area contributed by atoms with E-state index in [1.165, 1.54) is 0 Å². The molecule has 7 heteroatoms. The molecular weight excluding hydrogens is 400 g/mol. The van der Waals surface area contributed by atoms with Crippen molar-refractivity contribution in [3.05, 3.63) is 84.4 Å².